The predicted octanol–water partition coefficient (Wildman–Crippen LogP) is 3.61. The molecule has 43 heavy (non-hydrogen) atoms. The van der Waals surface area contributed by atoms with Crippen molar-refractivity contribution in [1.29, 1.82) is 0 Å². The first kappa shape index (κ1) is 34.2. The van der Waals surface area contributed by atoms with Gasteiger partial charge in [0.25, 0.3) is 5.91 Å². The largest absolute Gasteiger partial charge is 0.464 e. The molecule has 3 N–H and O–H groups in total. The number of nitrogens with one attached hydrogen (secondary N) is 2. The van der Waals surface area contributed by atoms with Gasteiger partial charge >= 0.3 is 0 Å². The minimum atomic E-state index is -3.86. The third-order valence-corrected chi connectivity index (χ3v) is 9.23. The molecule has 1 heterocycles. The zero-order valence-corrected chi connectivity index (χ0v) is 27.0. The minimum Gasteiger partial charge on any atom is -0.464 e. The van der Waals surface area contributed by atoms with Crippen molar-refractivity contribution in [1.82, 2.24) is 20.7 Å². The number of amides is 2. The smallest absolute Gasteiger partial charge is 0.252 e. The average molecular weight is 615 g/mol. The van der Waals surface area contributed by atoms with Crippen molar-refractivity contribution in [2.24, 2.45) is 11.3 Å². The lowest BCUT2D eigenvalue weighted by molar-refractivity contribution is -0.149. The lowest BCUT2D eigenvalue weighted by atomic mass is 9.91. The number of hydrogen-bond donors (Lipinski definition) is 3. The van der Waals surface area contributed by atoms with E-state index in [9.17, 15) is 23.1 Å². The Labute approximate surface area is 255 Å². The van der Waals surface area contributed by atoms with Gasteiger partial charge in [-0.2, -0.15) is 0 Å². The molecule has 2 aromatic carbocycles. The fourth-order valence-corrected chi connectivity index (χ4v) is 6.80. The Hall–Kier alpha value is -3.25. The standard InChI is InChI=1S/C32H46N4O6S/c1-22(2)31(43(40,41)25-13-14-28-24(18-25)15-16-42-28)33-20-27(37)26(17-23-11-9-8-10-12-23)36(30(39)19-32(3,4)5)34-29(38)21-35(6)7/h8-16,18,22,26-27,31,33,37H,17,19-21H2,1-7H3,(H,34,38)/t26-,27+,31?/m0/s1. The van der Waals surface area contributed by atoms with Gasteiger partial charge in [0.05, 0.1) is 29.8 Å². The molecule has 2 amide bonds. The molecule has 0 aliphatic heterocycles. The molecule has 3 atom stereocenters. The van der Waals surface area contributed by atoms with Gasteiger partial charge in [-0.05, 0) is 61.7 Å². The molecular weight excluding hydrogens is 568 g/mol. The molecule has 0 saturated heterocycles. The maximum Gasteiger partial charge on any atom is 0.252 e. The number of hydrazine groups is 1. The SMILES string of the molecule is CC(C)C(NC[C@@H](O)[C@H](Cc1ccccc1)N(NC(=O)CN(C)C)C(=O)CC(C)(C)C)S(=O)(=O)c1ccc2occc2c1. The van der Waals surface area contributed by atoms with Crippen LogP contribution in [0.5, 0.6) is 0 Å². The second-order valence-corrected chi connectivity index (χ2v) is 14.9. The summed E-state index contributed by atoms with van der Waals surface area (Å²) in [7, 11) is -0.367. The van der Waals surface area contributed by atoms with E-state index in [1.165, 1.54) is 17.3 Å². The highest BCUT2D eigenvalue weighted by Crippen LogP contribution is 2.26. The Morgan fingerprint density at radius 3 is 2.30 bits per heavy atom. The molecule has 1 unspecified atom stereocenters. The highest BCUT2D eigenvalue weighted by atomic mass is 32.2. The number of likely N-dealkylation sites (N-methyl/N-ethyl adjacent to an activating group) is 1. The van der Waals surface area contributed by atoms with Crippen molar-refractivity contribution in [3.63, 3.8) is 0 Å². The van der Waals surface area contributed by atoms with Crippen LogP contribution < -0.4 is 10.7 Å². The maximum atomic E-state index is 13.8. The number of aliphatic hydroxyl groups excluding tert-OH is 1. The number of nitrogens with zero attached hydrogens (tertiary/aromatic N) is 2. The van der Waals surface area contributed by atoms with Crippen molar-refractivity contribution >= 4 is 32.6 Å². The summed E-state index contributed by atoms with van der Waals surface area (Å²) in [5.74, 6) is -1.09. The normalized spacial score (nSPS) is 14.6. The summed E-state index contributed by atoms with van der Waals surface area (Å²) in [6, 6.07) is 14.9. The van der Waals surface area contributed by atoms with Gasteiger partial charge in [0.15, 0.2) is 9.84 Å². The predicted molar refractivity (Wildman–Crippen MR) is 168 cm³/mol. The van der Waals surface area contributed by atoms with Crippen molar-refractivity contribution in [2.75, 3.05) is 27.2 Å². The zero-order valence-electron chi connectivity index (χ0n) is 26.2. The summed E-state index contributed by atoms with van der Waals surface area (Å²) in [4.78, 5) is 28.4. The molecule has 0 aliphatic carbocycles. The van der Waals surface area contributed by atoms with Crippen molar-refractivity contribution in [3.05, 3.63) is 66.4 Å². The molecule has 10 nitrogen and oxygen atoms in total. The second kappa shape index (κ2) is 14.5. The zero-order chi connectivity index (χ0) is 31.9. The number of sulfone groups is 1. The third-order valence-electron chi connectivity index (χ3n) is 6.94. The Morgan fingerprint density at radius 1 is 1.02 bits per heavy atom. The average Bonchev–Trinajstić information content (AvgIpc) is 3.37. The summed E-state index contributed by atoms with van der Waals surface area (Å²) >= 11 is 0. The molecule has 0 fully saturated rings. The molecule has 0 radical (unpaired) electrons. The molecule has 236 valence electrons. The van der Waals surface area contributed by atoms with Crippen molar-refractivity contribution < 1.29 is 27.5 Å². The van der Waals surface area contributed by atoms with Crippen molar-refractivity contribution in [2.45, 2.75) is 69.9 Å². The van der Waals surface area contributed by atoms with Gasteiger partial charge in [-0.1, -0.05) is 65.0 Å². The Bertz CT molecular complexity index is 1460. The van der Waals surface area contributed by atoms with Crippen LogP contribution in [0.2, 0.25) is 0 Å². The van der Waals surface area contributed by atoms with Crippen LogP contribution in [-0.4, -0.2) is 80.0 Å². The monoisotopic (exact) mass is 614 g/mol. The van der Waals surface area contributed by atoms with Crippen LogP contribution in [0.1, 0.15) is 46.6 Å². The lowest BCUT2D eigenvalue weighted by Crippen LogP contribution is -2.60. The summed E-state index contributed by atoms with van der Waals surface area (Å²) in [6.45, 7) is 9.26. The van der Waals surface area contributed by atoms with Crippen LogP contribution >= 0.6 is 0 Å². The van der Waals surface area contributed by atoms with Crippen LogP contribution in [0.3, 0.4) is 0 Å². The van der Waals surface area contributed by atoms with E-state index in [0.29, 0.717) is 11.0 Å². The number of rotatable bonds is 13. The van der Waals surface area contributed by atoms with Gasteiger partial charge in [-0.3, -0.25) is 20.3 Å². The summed E-state index contributed by atoms with van der Waals surface area (Å²) in [5, 5.41) is 15.6. The van der Waals surface area contributed by atoms with E-state index in [1.807, 2.05) is 51.1 Å². The first-order valence-corrected chi connectivity index (χ1v) is 16.1. The first-order valence-electron chi connectivity index (χ1n) is 14.5. The quantitative estimate of drug-likeness (QED) is 0.249. The number of fused-ring (bicyclic) bond motifs is 1. The lowest BCUT2D eigenvalue weighted by Gasteiger charge is -2.37. The van der Waals surface area contributed by atoms with Gasteiger partial charge in [-0.15, -0.1) is 0 Å². The minimum absolute atomic E-state index is 0.0420. The van der Waals surface area contributed by atoms with Crippen LogP contribution in [0, 0.1) is 11.3 Å². The molecule has 0 aliphatic rings. The van der Waals surface area contributed by atoms with Gasteiger partial charge < -0.3 is 14.4 Å². The van der Waals surface area contributed by atoms with E-state index in [0.717, 1.165) is 5.56 Å². The molecule has 0 saturated carbocycles. The molecule has 11 heteroatoms. The summed E-state index contributed by atoms with van der Waals surface area (Å²) < 4.78 is 32.9. The molecule has 1 aromatic heterocycles. The summed E-state index contributed by atoms with van der Waals surface area (Å²) in [5.41, 5.74) is 3.80. The van der Waals surface area contributed by atoms with Crippen LogP contribution in [0.4, 0.5) is 0 Å². The van der Waals surface area contributed by atoms with Crippen molar-refractivity contribution in [3.8, 4) is 0 Å². The van der Waals surface area contributed by atoms with E-state index < -0.39 is 33.3 Å². The van der Waals surface area contributed by atoms with E-state index in [-0.39, 0.29) is 48.1 Å². The van der Waals surface area contributed by atoms with Crippen LogP contribution in [0.25, 0.3) is 11.0 Å². The maximum absolute atomic E-state index is 13.8. The van der Waals surface area contributed by atoms with Gasteiger partial charge in [0, 0.05) is 18.4 Å². The highest BCUT2D eigenvalue weighted by Gasteiger charge is 2.36. The first-order chi connectivity index (χ1) is 20.1. The Kier molecular flexibility index (Phi) is 11.5. The number of aliphatic hydroxyl groups is 1. The van der Waals surface area contributed by atoms with Gasteiger partial charge in [0.2, 0.25) is 5.91 Å². The number of benzene rings is 2. The van der Waals surface area contributed by atoms with Crippen LogP contribution in [-0.2, 0) is 25.8 Å². The second-order valence-electron chi connectivity index (χ2n) is 12.8. The fourth-order valence-electron chi connectivity index (χ4n) is 4.93. The topological polar surface area (TPSA) is 132 Å². The van der Waals surface area contributed by atoms with Gasteiger partial charge in [-0.25, -0.2) is 13.4 Å². The van der Waals surface area contributed by atoms with E-state index >= 15 is 0 Å². The Morgan fingerprint density at radius 2 is 1.70 bits per heavy atom. The Balaban J connectivity index is 1.93. The van der Waals surface area contributed by atoms with E-state index in [4.69, 9.17) is 4.42 Å². The molecule has 3 aromatic rings. The summed E-state index contributed by atoms with van der Waals surface area (Å²) in [6.07, 6.45) is 0.640. The molecule has 0 spiro atoms. The van der Waals surface area contributed by atoms with Gasteiger partial charge in [0.1, 0.15) is 11.0 Å². The number of hydrogen-bond acceptors (Lipinski definition) is 8. The van der Waals surface area contributed by atoms with E-state index in [1.54, 1.807) is 51.0 Å². The molecular formula is C32H46N4O6S. The fraction of sp³-hybridized carbons (Fsp3) is 0.500. The molecule has 0 bridgehead atoms. The van der Waals surface area contributed by atoms with E-state index in [2.05, 4.69) is 10.7 Å². The highest BCUT2D eigenvalue weighted by molar-refractivity contribution is 7.92. The number of carbonyl (C=O) groups excluding carboxylic acids is 2. The third kappa shape index (κ3) is 9.62. The van der Waals surface area contributed by atoms with Crippen LogP contribution in [0.15, 0.2) is 70.2 Å². The number of furan rings is 1. The molecule has 3 rings (SSSR count). The number of carbonyl (C=O) groups is 2.